The molecule has 3 nitrogen and oxygen atoms in total. The van der Waals surface area contributed by atoms with Gasteiger partial charge in [-0.25, -0.2) is 8.78 Å². The summed E-state index contributed by atoms with van der Waals surface area (Å²) in [5.74, 6) is -0.475. The largest absolute Gasteiger partial charge is 0.383 e. The zero-order valence-corrected chi connectivity index (χ0v) is 12.7. The molecule has 118 valence electrons. The zero-order valence-electron chi connectivity index (χ0n) is 12.7. The van der Waals surface area contributed by atoms with Crippen LogP contribution in [0, 0.1) is 17.6 Å². The van der Waals surface area contributed by atoms with Crippen LogP contribution < -0.4 is 5.73 Å². The molecular weight excluding hydrogens is 274 g/mol. The summed E-state index contributed by atoms with van der Waals surface area (Å²) >= 11 is 0. The Morgan fingerprint density at radius 3 is 2.43 bits per heavy atom. The standard InChI is InChI=1S/C16H24F2N2O/c1-11(12-6-7-12)20(8-9-21-2)15(10-19)16-13(17)4-3-5-14(16)18/h3-5,11-12,15H,6-10,19H2,1-2H3. The molecule has 0 spiro atoms. The Hall–Kier alpha value is -1.04. The van der Waals surface area contributed by atoms with Crippen LogP contribution in [0.5, 0.6) is 0 Å². The molecule has 2 N–H and O–H groups in total. The second-order valence-corrected chi connectivity index (χ2v) is 5.70. The normalized spacial score (nSPS) is 18.0. The highest BCUT2D eigenvalue weighted by molar-refractivity contribution is 5.24. The lowest BCUT2D eigenvalue weighted by Gasteiger charge is -2.36. The molecular formula is C16H24F2N2O. The highest BCUT2D eigenvalue weighted by Gasteiger charge is 2.36. The van der Waals surface area contributed by atoms with E-state index in [4.69, 9.17) is 10.5 Å². The van der Waals surface area contributed by atoms with Gasteiger partial charge in [0.2, 0.25) is 0 Å². The van der Waals surface area contributed by atoms with E-state index in [9.17, 15) is 8.78 Å². The number of hydrogen-bond donors (Lipinski definition) is 1. The molecule has 0 aromatic heterocycles. The second-order valence-electron chi connectivity index (χ2n) is 5.70. The third-order valence-corrected chi connectivity index (χ3v) is 4.34. The molecule has 1 saturated carbocycles. The Bertz CT molecular complexity index is 445. The SMILES string of the molecule is COCCN(C(CN)c1c(F)cccc1F)C(C)C1CC1. The topological polar surface area (TPSA) is 38.5 Å². The molecule has 1 aliphatic rings. The molecule has 0 heterocycles. The van der Waals surface area contributed by atoms with Crippen LogP contribution in [0.2, 0.25) is 0 Å². The molecule has 21 heavy (non-hydrogen) atoms. The van der Waals surface area contributed by atoms with Gasteiger partial charge in [-0.15, -0.1) is 0 Å². The van der Waals surface area contributed by atoms with Crippen molar-refractivity contribution in [2.24, 2.45) is 11.7 Å². The van der Waals surface area contributed by atoms with Gasteiger partial charge < -0.3 is 10.5 Å². The van der Waals surface area contributed by atoms with Crippen LogP contribution in [0.4, 0.5) is 8.78 Å². The summed E-state index contributed by atoms with van der Waals surface area (Å²) in [6.45, 7) is 3.42. The van der Waals surface area contributed by atoms with Gasteiger partial charge in [0.25, 0.3) is 0 Å². The maximum Gasteiger partial charge on any atom is 0.130 e. The van der Waals surface area contributed by atoms with Crippen molar-refractivity contribution in [1.82, 2.24) is 4.90 Å². The van der Waals surface area contributed by atoms with Gasteiger partial charge in [-0.3, -0.25) is 4.90 Å². The lowest BCUT2D eigenvalue weighted by atomic mass is 10.0. The first-order chi connectivity index (χ1) is 10.1. The van der Waals surface area contributed by atoms with Crippen LogP contribution in [0.1, 0.15) is 31.4 Å². The van der Waals surface area contributed by atoms with Crippen LogP contribution in [0.25, 0.3) is 0 Å². The average Bonchev–Trinajstić information content (AvgIpc) is 3.29. The lowest BCUT2D eigenvalue weighted by molar-refractivity contribution is 0.0806. The summed E-state index contributed by atoms with van der Waals surface area (Å²) in [6, 6.07) is 3.74. The number of rotatable bonds is 8. The molecule has 0 bridgehead atoms. The van der Waals surface area contributed by atoms with Crippen molar-refractivity contribution in [2.45, 2.75) is 31.8 Å². The summed E-state index contributed by atoms with van der Waals surface area (Å²) in [7, 11) is 1.63. The fraction of sp³-hybridized carbons (Fsp3) is 0.625. The van der Waals surface area contributed by atoms with E-state index in [0.717, 1.165) is 0 Å². The minimum absolute atomic E-state index is 0.0728. The molecule has 0 amide bonds. The van der Waals surface area contributed by atoms with E-state index in [0.29, 0.717) is 19.1 Å². The second kappa shape index (κ2) is 7.29. The smallest absolute Gasteiger partial charge is 0.130 e. The van der Waals surface area contributed by atoms with Crippen molar-refractivity contribution in [3.8, 4) is 0 Å². The summed E-state index contributed by atoms with van der Waals surface area (Å²) in [6.07, 6.45) is 2.34. The molecule has 1 aliphatic carbocycles. The van der Waals surface area contributed by atoms with Crippen LogP contribution >= 0.6 is 0 Å². The van der Waals surface area contributed by atoms with Crippen LogP contribution in [-0.2, 0) is 4.74 Å². The Kier molecular flexibility index (Phi) is 5.67. The van der Waals surface area contributed by atoms with E-state index in [2.05, 4.69) is 11.8 Å². The Labute approximate surface area is 125 Å². The van der Waals surface area contributed by atoms with Gasteiger partial charge in [-0.05, 0) is 37.8 Å². The first-order valence-electron chi connectivity index (χ1n) is 7.48. The maximum absolute atomic E-state index is 14.1. The molecule has 2 atom stereocenters. The predicted octanol–water partition coefficient (Wildman–Crippen LogP) is 2.71. The lowest BCUT2D eigenvalue weighted by Crippen LogP contribution is -2.43. The highest BCUT2D eigenvalue weighted by Crippen LogP contribution is 2.38. The molecule has 1 aromatic rings. The van der Waals surface area contributed by atoms with Gasteiger partial charge in [0.05, 0.1) is 12.6 Å². The molecule has 1 fully saturated rings. The molecule has 5 heteroatoms. The van der Waals surface area contributed by atoms with Crippen molar-refractivity contribution in [3.63, 3.8) is 0 Å². The average molecular weight is 298 g/mol. The first kappa shape index (κ1) is 16.3. The summed E-state index contributed by atoms with van der Waals surface area (Å²) in [5.41, 5.74) is 5.93. The highest BCUT2D eigenvalue weighted by atomic mass is 19.1. The van der Waals surface area contributed by atoms with E-state index < -0.39 is 17.7 Å². The Balaban J connectivity index is 2.29. The molecule has 0 saturated heterocycles. The quantitative estimate of drug-likeness (QED) is 0.802. The van der Waals surface area contributed by atoms with E-state index >= 15 is 0 Å². The zero-order chi connectivity index (χ0) is 15.4. The van der Waals surface area contributed by atoms with Gasteiger partial charge >= 0.3 is 0 Å². The van der Waals surface area contributed by atoms with Gasteiger partial charge in [-0.1, -0.05) is 6.07 Å². The third-order valence-electron chi connectivity index (χ3n) is 4.34. The number of nitrogens with two attached hydrogens (primary N) is 1. The fourth-order valence-electron chi connectivity index (χ4n) is 2.94. The van der Waals surface area contributed by atoms with Gasteiger partial charge in [0.15, 0.2) is 0 Å². The summed E-state index contributed by atoms with van der Waals surface area (Å²) < 4.78 is 33.3. The van der Waals surface area contributed by atoms with Gasteiger partial charge in [0.1, 0.15) is 11.6 Å². The maximum atomic E-state index is 14.1. The number of ether oxygens (including phenoxy) is 1. The van der Waals surface area contributed by atoms with Gasteiger partial charge in [-0.2, -0.15) is 0 Å². The van der Waals surface area contributed by atoms with Gasteiger partial charge in [0, 0.05) is 31.8 Å². The van der Waals surface area contributed by atoms with E-state index in [-0.39, 0.29) is 18.2 Å². The van der Waals surface area contributed by atoms with E-state index in [1.807, 2.05) is 0 Å². The fourth-order valence-corrected chi connectivity index (χ4v) is 2.94. The Morgan fingerprint density at radius 2 is 1.95 bits per heavy atom. The third kappa shape index (κ3) is 3.78. The van der Waals surface area contributed by atoms with Crippen LogP contribution in [0.15, 0.2) is 18.2 Å². The number of halogens is 2. The van der Waals surface area contributed by atoms with Crippen LogP contribution in [0.3, 0.4) is 0 Å². The van der Waals surface area contributed by atoms with Crippen molar-refractivity contribution in [2.75, 3.05) is 26.8 Å². The molecule has 1 aromatic carbocycles. The molecule has 2 rings (SSSR count). The van der Waals surface area contributed by atoms with Crippen molar-refractivity contribution < 1.29 is 13.5 Å². The monoisotopic (exact) mass is 298 g/mol. The molecule has 0 radical (unpaired) electrons. The van der Waals surface area contributed by atoms with Crippen molar-refractivity contribution in [1.29, 1.82) is 0 Å². The summed E-state index contributed by atoms with van der Waals surface area (Å²) in [5, 5.41) is 0. The first-order valence-corrected chi connectivity index (χ1v) is 7.48. The van der Waals surface area contributed by atoms with E-state index in [1.54, 1.807) is 7.11 Å². The predicted molar refractivity (Wildman–Crippen MR) is 78.9 cm³/mol. The molecule has 0 aliphatic heterocycles. The van der Waals surface area contributed by atoms with Crippen LogP contribution in [-0.4, -0.2) is 37.7 Å². The number of nitrogens with zero attached hydrogens (tertiary/aromatic N) is 1. The Morgan fingerprint density at radius 1 is 1.33 bits per heavy atom. The summed E-state index contributed by atoms with van der Waals surface area (Å²) in [4.78, 5) is 2.09. The van der Waals surface area contributed by atoms with Crippen molar-refractivity contribution >= 4 is 0 Å². The minimum atomic E-state index is -0.532. The number of hydrogen-bond acceptors (Lipinski definition) is 3. The van der Waals surface area contributed by atoms with E-state index in [1.165, 1.54) is 31.0 Å². The molecule has 2 unspecified atom stereocenters. The van der Waals surface area contributed by atoms with Crippen molar-refractivity contribution in [3.05, 3.63) is 35.4 Å². The number of methoxy groups -OCH3 is 1. The number of benzene rings is 1. The minimum Gasteiger partial charge on any atom is -0.383 e.